The third-order valence-corrected chi connectivity index (χ3v) is 4.33. The normalized spacial score (nSPS) is 15.0. The van der Waals surface area contributed by atoms with Crippen molar-refractivity contribution < 1.29 is 4.39 Å². The van der Waals surface area contributed by atoms with Crippen molar-refractivity contribution in [3.63, 3.8) is 0 Å². The summed E-state index contributed by atoms with van der Waals surface area (Å²) < 4.78 is 15.4. The zero-order valence-electron chi connectivity index (χ0n) is 11.6. The van der Waals surface area contributed by atoms with E-state index in [2.05, 4.69) is 32.5 Å². The molecule has 0 radical (unpaired) electrons. The molecule has 0 N–H and O–H groups in total. The third-order valence-electron chi connectivity index (χ3n) is 3.61. The van der Waals surface area contributed by atoms with E-state index in [0.29, 0.717) is 5.69 Å². The number of aliphatic imine (C=N–C) groups is 1. The summed E-state index contributed by atoms with van der Waals surface area (Å²) in [6.07, 6.45) is 4.00. The van der Waals surface area contributed by atoms with Crippen LogP contribution >= 0.6 is 22.6 Å². The second-order valence-electron chi connectivity index (χ2n) is 5.14. The van der Waals surface area contributed by atoms with Crippen LogP contribution < -0.4 is 4.90 Å². The molecule has 0 atom stereocenters. The van der Waals surface area contributed by atoms with Gasteiger partial charge in [0.1, 0.15) is 5.82 Å². The van der Waals surface area contributed by atoms with Crippen LogP contribution in [0.5, 0.6) is 0 Å². The SMILES string of the molecule is Fc1cc(C=Nc2ccc(I)cc2)ccc1N1CCCC1. The summed E-state index contributed by atoms with van der Waals surface area (Å²) in [6.45, 7) is 1.90. The van der Waals surface area contributed by atoms with Gasteiger partial charge >= 0.3 is 0 Å². The maximum absolute atomic E-state index is 14.2. The molecule has 21 heavy (non-hydrogen) atoms. The first-order valence-electron chi connectivity index (χ1n) is 7.06. The number of anilines is 1. The van der Waals surface area contributed by atoms with E-state index in [0.717, 1.165) is 37.2 Å². The Morgan fingerprint density at radius 1 is 1.05 bits per heavy atom. The van der Waals surface area contributed by atoms with E-state index >= 15 is 0 Å². The molecule has 0 aromatic heterocycles. The smallest absolute Gasteiger partial charge is 0.147 e. The van der Waals surface area contributed by atoms with E-state index in [4.69, 9.17) is 0 Å². The second-order valence-corrected chi connectivity index (χ2v) is 6.39. The van der Waals surface area contributed by atoms with Crippen LogP contribution in [0.4, 0.5) is 15.8 Å². The Hall–Kier alpha value is -1.43. The van der Waals surface area contributed by atoms with Gasteiger partial charge in [-0.1, -0.05) is 6.07 Å². The topological polar surface area (TPSA) is 15.6 Å². The molecule has 108 valence electrons. The van der Waals surface area contributed by atoms with Crippen LogP contribution in [-0.2, 0) is 0 Å². The van der Waals surface area contributed by atoms with Gasteiger partial charge in [-0.25, -0.2) is 4.39 Å². The number of benzene rings is 2. The summed E-state index contributed by atoms with van der Waals surface area (Å²) in [6, 6.07) is 13.3. The molecule has 1 aliphatic rings. The van der Waals surface area contributed by atoms with Gasteiger partial charge < -0.3 is 4.90 Å². The minimum absolute atomic E-state index is 0.163. The minimum Gasteiger partial charge on any atom is -0.369 e. The average Bonchev–Trinajstić information content (AvgIpc) is 3.01. The molecular weight excluding hydrogens is 378 g/mol. The molecule has 1 saturated heterocycles. The van der Waals surface area contributed by atoms with Crippen molar-refractivity contribution in [2.24, 2.45) is 4.99 Å². The molecule has 3 rings (SSSR count). The van der Waals surface area contributed by atoms with Crippen molar-refractivity contribution in [1.82, 2.24) is 0 Å². The lowest BCUT2D eigenvalue weighted by Crippen LogP contribution is -2.18. The lowest BCUT2D eigenvalue weighted by atomic mass is 10.2. The summed E-state index contributed by atoms with van der Waals surface area (Å²) in [5, 5.41) is 0. The molecule has 2 aromatic rings. The highest BCUT2D eigenvalue weighted by Crippen LogP contribution is 2.24. The average molecular weight is 394 g/mol. The van der Waals surface area contributed by atoms with E-state index < -0.39 is 0 Å². The Morgan fingerprint density at radius 2 is 1.76 bits per heavy atom. The van der Waals surface area contributed by atoms with Gasteiger partial charge in [0.05, 0.1) is 11.4 Å². The van der Waals surface area contributed by atoms with Crippen LogP contribution in [-0.4, -0.2) is 19.3 Å². The lowest BCUT2D eigenvalue weighted by molar-refractivity contribution is 0.623. The molecule has 4 heteroatoms. The maximum atomic E-state index is 14.2. The summed E-state index contributed by atoms with van der Waals surface area (Å²) in [5.74, 6) is -0.163. The van der Waals surface area contributed by atoms with Gasteiger partial charge in [-0.15, -0.1) is 0 Å². The van der Waals surface area contributed by atoms with E-state index in [1.54, 1.807) is 12.3 Å². The van der Waals surface area contributed by atoms with E-state index in [1.807, 2.05) is 36.4 Å². The summed E-state index contributed by atoms with van der Waals surface area (Å²) in [4.78, 5) is 6.48. The van der Waals surface area contributed by atoms with Crippen LogP contribution in [0.15, 0.2) is 47.5 Å². The Kier molecular flexibility index (Phi) is 4.53. The summed E-state index contributed by atoms with van der Waals surface area (Å²) in [7, 11) is 0. The quantitative estimate of drug-likeness (QED) is 0.541. The van der Waals surface area contributed by atoms with Crippen molar-refractivity contribution in [2.45, 2.75) is 12.8 Å². The molecule has 2 nitrogen and oxygen atoms in total. The van der Waals surface area contributed by atoms with E-state index in [-0.39, 0.29) is 5.82 Å². The largest absolute Gasteiger partial charge is 0.369 e. The molecule has 1 aliphatic heterocycles. The molecule has 0 unspecified atom stereocenters. The van der Waals surface area contributed by atoms with Gasteiger partial charge in [0.2, 0.25) is 0 Å². The van der Waals surface area contributed by atoms with Crippen molar-refractivity contribution >= 4 is 40.2 Å². The molecular formula is C17H16FIN2. The Bertz CT molecular complexity index is 646. The van der Waals surface area contributed by atoms with Gasteiger partial charge in [0, 0.05) is 22.9 Å². The summed E-state index contributed by atoms with van der Waals surface area (Å²) >= 11 is 2.26. The zero-order chi connectivity index (χ0) is 14.7. The van der Waals surface area contributed by atoms with Crippen LogP contribution in [0.2, 0.25) is 0 Å². The van der Waals surface area contributed by atoms with E-state index in [9.17, 15) is 4.39 Å². The molecule has 1 heterocycles. The monoisotopic (exact) mass is 394 g/mol. The standard InChI is InChI=1S/C17H16FIN2/c18-16-11-13(3-8-17(16)21-9-1-2-10-21)12-20-15-6-4-14(19)5-7-15/h3-8,11-12H,1-2,9-10H2. The van der Waals surface area contributed by atoms with Gasteiger partial charge in [0.25, 0.3) is 0 Å². The van der Waals surface area contributed by atoms with Crippen LogP contribution in [0, 0.1) is 9.39 Å². The molecule has 2 aromatic carbocycles. The molecule has 0 amide bonds. The van der Waals surface area contributed by atoms with Crippen LogP contribution in [0.1, 0.15) is 18.4 Å². The van der Waals surface area contributed by atoms with Crippen LogP contribution in [0.25, 0.3) is 0 Å². The predicted molar refractivity (Wildman–Crippen MR) is 94.3 cm³/mol. The first-order chi connectivity index (χ1) is 10.2. The number of nitrogens with zero attached hydrogens (tertiary/aromatic N) is 2. The summed E-state index contributed by atoms with van der Waals surface area (Å²) in [5.41, 5.74) is 2.37. The number of hydrogen-bond donors (Lipinski definition) is 0. The number of halogens is 2. The van der Waals surface area contributed by atoms with E-state index in [1.165, 1.54) is 3.57 Å². The lowest BCUT2D eigenvalue weighted by Gasteiger charge is -2.18. The van der Waals surface area contributed by atoms with Gasteiger partial charge in [-0.3, -0.25) is 4.99 Å². The Labute approximate surface area is 137 Å². The highest BCUT2D eigenvalue weighted by Gasteiger charge is 2.15. The van der Waals surface area contributed by atoms with Crippen LogP contribution in [0.3, 0.4) is 0 Å². The molecule has 1 fully saturated rings. The first-order valence-corrected chi connectivity index (χ1v) is 8.14. The molecule has 0 saturated carbocycles. The van der Waals surface area contributed by atoms with Crippen molar-refractivity contribution in [3.8, 4) is 0 Å². The number of hydrogen-bond acceptors (Lipinski definition) is 2. The van der Waals surface area contributed by atoms with Crippen molar-refractivity contribution in [2.75, 3.05) is 18.0 Å². The highest BCUT2D eigenvalue weighted by atomic mass is 127. The first kappa shape index (κ1) is 14.5. The fourth-order valence-corrected chi connectivity index (χ4v) is 2.85. The third kappa shape index (κ3) is 3.61. The molecule has 0 bridgehead atoms. The Balaban J connectivity index is 1.77. The van der Waals surface area contributed by atoms with Gasteiger partial charge in [0.15, 0.2) is 0 Å². The minimum atomic E-state index is -0.163. The molecule has 0 aliphatic carbocycles. The van der Waals surface area contributed by atoms with Crippen molar-refractivity contribution in [3.05, 3.63) is 57.4 Å². The zero-order valence-corrected chi connectivity index (χ0v) is 13.8. The number of rotatable bonds is 3. The fraction of sp³-hybridized carbons (Fsp3) is 0.235. The predicted octanol–water partition coefficient (Wildman–Crippen LogP) is 4.78. The fourth-order valence-electron chi connectivity index (χ4n) is 2.49. The van der Waals surface area contributed by atoms with Gasteiger partial charge in [-0.05, 0) is 77.4 Å². The Morgan fingerprint density at radius 3 is 2.43 bits per heavy atom. The maximum Gasteiger partial charge on any atom is 0.147 e. The molecule has 0 spiro atoms. The second kappa shape index (κ2) is 6.56. The highest BCUT2D eigenvalue weighted by molar-refractivity contribution is 14.1. The van der Waals surface area contributed by atoms with Gasteiger partial charge in [-0.2, -0.15) is 0 Å². The van der Waals surface area contributed by atoms with Crippen molar-refractivity contribution in [1.29, 1.82) is 0 Å².